The van der Waals surface area contributed by atoms with E-state index in [4.69, 9.17) is 0 Å². The molecule has 0 amide bonds. The average molecular weight is 300 g/mol. The van der Waals surface area contributed by atoms with E-state index in [2.05, 4.69) is 4.74 Å². The van der Waals surface area contributed by atoms with Gasteiger partial charge in [0.05, 0.1) is 23.8 Å². The third kappa shape index (κ3) is 3.23. The van der Waals surface area contributed by atoms with E-state index < -0.39 is 35.0 Å². The first kappa shape index (κ1) is 16.3. The highest BCUT2D eigenvalue weighted by molar-refractivity contribution is 5.93. The first-order valence-electron chi connectivity index (χ1n) is 5.42. The highest BCUT2D eigenvalue weighted by atomic mass is 19.4. The Hall–Kier alpha value is -1.73. The lowest BCUT2D eigenvalue weighted by atomic mass is 9.95. The Labute approximate surface area is 110 Å². The molecule has 112 valence electrons. The summed E-state index contributed by atoms with van der Waals surface area (Å²) in [6.45, 7) is 1.35. The lowest BCUT2D eigenvalue weighted by Gasteiger charge is -2.18. The van der Waals surface area contributed by atoms with E-state index >= 15 is 0 Å². The van der Waals surface area contributed by atoms with Crippen molar-refractivity contribution in [2.75, 3.05) is 7.11 Å². The van der Waals surface area contributed by atoms with Crippen molar-refractivity contribution in [3.63, 3.8) is 0 Å². The molecule has 8 heteroatoms. The van der Waals surface area contributed by atoms with Gasteiger partial charge in [-0.25, -0.2) is 4.79 Å². The van der Waals surface area contributed by atoms with Crippen molar-refractivity contribution in [3.8, 4) is 0 Å². The highest BCUT2D eigenvalue weighted by Crippen LogP contribution is 2.39. The summed E-state index contributed by atoms with van der Waals surface area (Å²) in [6.07, 6.45) is -10.2. The van der Waals surface area contributed by atoms with Gasteiger partial charge in [-0.1, -0.05) is 6.92 Å². The van der Waals surface area contributed by atoms with Crippen LogP contribution < -0.4 is 0 Å². The van der Waals surface area contributed by atoms with Gasteiger partial charge in [0.25, 0.3) is 0 Å². The van der Waals surface area contributed by atoms with Crippen molar-refractivity contribution in [1.82, 2.24) is 0 Å². The number of carbonyl (C=O) groups is 1. The van der Waals surface area contributed by atoms with Gasteiger partial charge in [-0.3, -0.25) is 0 Å². The highest BCUT2D eigenvalue weighted by Gasteiger charge is 2.41. The average Bonchev–Trinajstić information content (AvgIpc) is 2.33. The molecule has 0 aliphatic carbocycles. The number of alkyl halides is 6. The minimum Gasteiger partial charge on any atom is -0.465 e. The van der Waals surface area contributed by atoms with Crippen molar-refractivity contribution >= 4 is 5.97 Å². The maximum atomic E-state index is 12.9. The number of rotatable bonds is 2. The molecule has 0 fully saturated rings. The second-order valence-corrected chi connectivity index (χ2v) is 3.90. The Morgan fingerprint density at radius 2 is 1.65 bits per heavy atom. The van der Waals surface area contributed by atoms with Crippen molar-refractivity contribution in [2.24, 2.45) is 0 Å². The van der Waals surface area contributed by atoms with Crippen LogP contribution >= 0.6 is 0 Å². The second-order valence-electron chi connectivity index (χ2n) is 3.90. The first-order valence-corrected chi connectivity index (χ1v) is 5.42. The van der Waals surface area contributed by atoms with E-state index in [1.54, 1.807) is 0 Å². The van der Waals surface area contributed by atoms with E-state index in [1.165, 1.54) is 6.92 Å². The SMILES string of the molecule is CCc1cc(C(F)(F)F)cc(C(F)(F)F)c1C(=O)OC. The van der Waals surface area contributed by atoms with Gasteiger partial charge in [0.15, 0.2) is 0 Å². The second kappa shape index (κ2) is 5.34. The summed E-state index contributed by atoms with van der Waals surface area (Å²) in [7, 11) is 0.861. The molecule has 0 aromatic heterocycles. The van der Waals surface area contributed by atoms with E-state index in [1.807, 2.05) is 0 Å². The molecule has 0 aliphatic rings. The van der Waals surface area contributed by atoms with Crippen LogP contribution in [0.25, 0.3) is 0 Å². The number of benzene rings is 1. The molecule has 0 radical (unpaired) electrons. The Morgan fingerprint density at radius 1 is 1.10 bits per heavy atom. The van der Waals surface area contributed by atoms with Crippen LogP contribution in [0.15, 0.2) is 12.1 Å². The summed E-state index contributed by atoms with van der Waals surface area (Å²) < 4.78 is 80.6. The van der Waals surface area contributed by atoms with Crippen LogP contribution in [-0.4, -0.2) is 13.1 Å². The number of hydrogen-bond donors (Lipinski definition) is 0. The van der Waals surface area contributed by atoms with Crippen LogP contribution in [0.4, 0.5) is 26.3 Å². The van der Waals surface area contributed by atoms with E-state index in [-0.39, 0.29) is 18.1 Å². The number of hydrogen-bond acceptors (Lipinski definition) is 2. The summed E-state index contributed by atoms with van der Waals surface area (Å²) in [5.41, 5.74) is -4.33. The zero-order valence-electron chi connectivity index (χ0n) is 10.4. The predicted molar refractivity (Wildman–Crippen MR) is 57.2 cm³/mol. The lowest BCUT2D eigenvalue weighted by molar-refractivity contribution is -0.143. The standard InChI is InChI=1S/C12H10F6O2/c1-3-6-4-7(11(13,14)15)5-8(12(16,17)18)9(6)10(19)20-2/h4-5H,3H2,1-2H3. The number of esters is 1. The third-order valence-corrected chi connectivity index (χ3v) is 2.62. The number of aryl methyl sites for hydroxylation is 1. The van der Waals surface area contributed by atoms with Gasteiger partial charge in [-0.2, -0.15) is 26.3 Å². The van der Waals surface area contributed by atoms with Gasteiger partial charge in [0, 0.05) is 0 Å². The smallest absolute Gasteiger partial charge is 0.417 e. The predicted octanol–water partition coefficient (Wildman–Crippen LogP) is 4.07. The molecular formula is C12H10F6O2. The summed E-state index contributed by atoms with van der Waals surface area (Å²) in [6, 6.07) is 0.451. The number of methoxy groups -OCH3 is 1. The summed E-state index contributed by atoms with van der Waals surface area (Å²) >= 11 is 0. The molecule has 0 N–H and O–H groups in total. The largest absolute Gasteiger partial charge is 0.465 e. The molecule has 0 bridgehead atoms. The van der Waals surface area contributed by atoms with Crippen molar-refractivity contribution in [1.29, 1.82) is 0 Å². The Morgan fingerprint density at radius 3 is 2.00 bits per heavy atom. The van der Waals surface area contributed by atoms with E-state index in [0.717, 1.165) is 7.11 Å². The summed E-state index contributed by atoms with van der Waals surface area (Å²) in [5.74, 6) is -1.32. The molecule has 1 rings (SSSR count). The minimum absolute atomic E-state index is 0.0780. The van der Waals surface area contributed by atoms with Crippen LogP contribution in [-0.2, 0) is 23.5 Å². The van der Waals surface area contributed by atoms with Crippen LogP contribution in [0, 0.1) is 0 Å². The van der Waals surface area contributed by atoms with E-state index in [9.17, 15) is 31.1 Å². The van der Waals surface area contributed by atoms with Crippen molar-refractivity contribution < 1.29 is 35.9 Å². The molecule has 20 heavy (non-hydrogen) atoms. The fraction of sp³-hybridized carbons (Fsp3) is 0.417. The van der Waals surface area contributed by atoms with Crippen molar-refractivity contribution in [3.05, 3.63) is 34.4 Å². The monoisotopic (exact) mass is 300 g/mol. The fourth-order valence-electron chi connectivity index (χ4n) is 1.71. The molecule has 0 spiro atoms. The number of ether oxygens (including phenoxy) is 1. The van der Waals surface area contributed by atoms with Gasteiger partial charge < -0.3 is 4.74 Å². The van der Waals surface area contributed by atoms with Gasteiger partial charge in [-0.05, 0) is 24.1 Å². The minimum atomic E-state index is -5.09. The first-order chi connectivity index (χ1) is 9.02. The topological polar surface area (TPSA) is 26.3 Å². The Bertz CT molecular complexity index is 516. The van der Waals surface area contributed by atoms with Crippen molar-refractivity contribution in [2.45, 2.75) is 25.7 Å². The van der Waals surface area contributed by atoms with Crippen LogP contribution in [0.3, 0.4) is 0 Å². The Kier molecular flexibility index (Phi) is 4.36. The molecule has 0 atom stereocenters. The van der Waals surface area contributed by atoms with Gasteiger partial charge in [0.1, 0.15) is 0 Å². The maximum absolute atomic E-state index is 12.9. The van der Waals surface area contributed by atoms with Gasteiger partial charge in [-0.15, -0.1) is 0 Å². The molecule has 0 unspecified atom stereocenters. The van der Waals surface area contributed by atoms with Gasteiger partial charge in [0.2, 0.25) is 0 Å². The maximum Gasteiger partial charge on any atom is 0.417 e. The normalized spacial score (nSPS) is 12.4. The quantitative estimate of drug-likeness (QED) is 0.608. The summed E-state index contributed by atoms with van der Waals surface area (Å²) in [5, 5.41) is 0. The zero-order valence-corrected chi connectivity index (χ0v) is 10.4. The third-order valence-electron chi connectivity index (χ3n) is 2.62. The van der Waals surface area contributed by atoms with Crippen LogP contribution in [0.1, 0.15) is 34.0 Å². The molecule has 1 aromatic rings. The number of carbonyl (C=O) groups excluding carboxylic acids is 1. The van der Waals surface area contributed by atoms with E-state index in [0.29, 0.717) is 6.07 Å². The molecule has 0 saturated heterocycles. The van der Waals surface area contributed by atoms with Gasteiger partial charge >= 0.3 is 18.3 Å². The molecule has 0 heterocycles. The Balaban J connectivity index is 3.70. The molecule has 0 aliphatic heterocycles. The number of halogens is 6. The fourth-order valence-corrected chi connectivity index (χ4v) is 1.71. The molecule has 2 nitrogen and oxygen atoms in total. The summed E-state index contributed by atoms with van der Waals surface area (Å²) in [4.78, 5) is 11.4. The zero-order chi connectivity index (χ0) is 15.7. The van der Waals surface area contributed by atoms with Crippen LogP contribution in [0.5, 0.6) is 0 Å². The molecular weight excluding hydrogens is 290 g/mol. The van der Waals surface area contributed by atoms with Crippen LogP contribution in [0.2, 0.25) is 0 Å². The molecule has 1 aromatic carbocycles. The lowest BCUT2D eigenvalue weighted by Crippen LogP contribution is -2.19. The molecule has 0 saturated carbocycles.